The summed E-state index contributed by atoms with van der Waals surface area (Å²) in [6, 6.07) is 6.00. The van der Waals surface area contributed by atoms with Crippen molar-refractivity contribution in [3.63, 3.8) is 0 Å². The molecule has 0 aromatic heterocycles. The topological polar surface area (TPSA) is 228 Å². The summed E-state index contributed by atoms with van der Waals surface area (Å²) in [5, 5.41) is 41.9. The fourth-order valence-corrected chi connectivity index (χ4v) is 14.3. The molecule has 17 atom stereocenters. The molecule has 1 aromatic carbocycles. The van der Waals surface area contributed by atoms with Crippen molar-refractivity contribution in [3.05, 3.63) is 41.7 Å². The maximum Gasteiger partial charge on any atom is 0.311 e. The van der Waals surface area contributed by atoms with E-state index < -0.39 is 99.9 Å². The van der Waals surface area contributed by atoms with Crippen LogP contribution in [0.5, 0.6) is 0 Å². The Morgan fingerprint density at radius 1 is 0.974 bits per heavy atom. The van der Waals surface area contributed by atoms with Gasteiger partial charge in [0.15, 0.2) is 12.6 Å². The zero-order valence-electron chi connectivity index (χ0n) is 49.4. The predicted octanol–water partition coefficient (Wildman–Crippen LogP) is 5.26. The van der Waals surface area contributed by atoms with Crippen LogP contribution in [0.4, 0.5) is 4.39 Å². The largest absolute Gasteiger partial charge is 0.459 e. The highest BCUT2D eigenvalue weighted by Gasteiger charge is 2.61. The van der Waals surface area contributed by atoms with Crippen LogP contribution in [0.3, 0.4) is 0 Å². The van der Waals surface area contributed by atoms with Crippen LogP contribution < -0.4 is 11.2 Å². The van der Waals surface area contributed by atoms with Gasteiger partial charge in [0.05, 0.1) is 65.7 Å². The highest BCUT2D eigenvalue weighted by molar-refractivity contribution is 7.89. The number of morpholine rings is 1. The van der Waals surface area contributed by atoms with Crippen molar-refractivity contribution in [2.24, 2.45) is 23.6 Å². The second-order valence-electron chi connectivity index (χ2n) is 24.6. The van der Waals surface area contributed by atoms with Crippen molar-refractivity contribution in [3.8, 4) is 0 Å². The Morgan fingerprint density at radius 2 is 1.62 bits per heavy atom. The second-order valence-corrected chi connectivity index (χ2v) is 26.6. The molecule has 0 unspecified atom stereocenters. The minimum Gasteiger partial charge on any atom is -0.459 e. The van der Waals surface area contributed by atoms with Gasteiger partial charge >= 0.3 is 5.97 Å². The Bertz CT molecular complexity index is 2220. The number of nitrogens with one attached hydrogen (secondary N) is 1. The number of hydrogen-bond donors (Lipinski definition) is 5. The number of nitrogens with zero attached hydrogens (tertiary/aromatic N) is 4. The van der Waals surface area contributed by atoms with Crippen molar-refractivity contribution in [2.75, 3.05) is 74.3 Å². The summed E-state index contributed by atoms with van der Waals surface area (Å²) in [6.45, 7) is 20.4. The number of likely N-dealkylation sites (N-methyl/N-ethyl adjacent to an activating group) is 1. The number of hydrogen-bond acceptors (Lipinski definition) is 18. The average molecular weight is 1130 g/mol. The molecule has 1 aromatic rings. The molecule has 0 bridgehead atoms. The van der Waals surface area contributed by atoms with Gasteiger partial charge in [0.2, 0.25) is 10.0 Å². The van der Waals surface area contributed by atoms with Gasteiger partial charge in [0, 0.05) is 101 Å². The number of benzene rings is 1. The molecule has 6 N–H and O–H groups in total. The predicted molar refractivity (Wildman–Crippen MR) is 295 cm³/mol. The SMILES string of the molecule is CC[C@H]1OC(=O)[C@H](C)[C@@H](O[C@H]2C[C@@](C)(OC)C[C@H](C)O2)[C@H](C)[C@@H](O[C@H]2C[C@@H](N(C)CC/C(=C/N[C@H](CF)[C@H](C)c3ccc(S(=O)(=O)N4CCOCC4)cc3)N(C)N)C[C@@H](C)O2)[C@](C)(O)C[C@@H](C)CN(C)C2(CC2)[C@@H](O)[C@]1(C)O. The lowest BCUT2D eigenvalue weighted by Gasteiger charge is -2.47. The molecule has 1 aliphatic carbocycles. The Morgan fingerprint density at radius 3 is 2.21 bits per heavy atom. The van der Waals surface area contributed by atoms with Crippen LogP contribution in [-0.2, 0) is 48.0 Å². The summed E-state index contributed by atoms with van der Waals surface area (Å²) in [5.74, 6) is 3.72. The van der Waals surface area contributed by atoms with Gasteiger partial charge in [-0.3, -0.25) is 9.69 Å². The maximum atomic E-state index is 14.8. The number of halogens is 1. The molecule has 6 rings (SSSR count). The number of aliphatic hydroxyl groups is 3. The molecular weight excluding hydrogens is 1030 g/mol. The fourth-order valence-electron chi connectivity index (χ4n) is 12.9. The fraction of sp³-hybridized carbons (Fsp3) is 0.842. The van der Waals surface area contributed by atoms with E-state index in [4.69, 9.17) is 39.0 Å². The van der Waals surface area contributed by atoms with Crippen LogP contribution in [-0.4, -0.2) is 207 Å². The van der Waals surface area contributed by atoms with Gasteiger partial charge in [-0.25, -0.2) is 18.7 Å². The Balaban J connectivity index is 1.21. The zero-order chi connectivity index (χ0) is 57.7. The lowest BCUT2D eigenvalue weighted by Crippen LogP contribution is -2.61. The summed E-state index contributed by atoms with van der Waals surface area (Å²) >= 11 is 0. The number of alkyl halides is 1. The number of sulfonamides is 1. The van der Waals surface area contributed by atoms with Gasteiger partial charge in [-0.1, -0.05) is 39.8 Å². The van der Waals surface area contributed by atoms with Crippen LogP contribution in [0.25, 0.3) is 0 Å². The second kappa shape index (κ2) is 26.7. The number of carbonyl (C=O) groups is 1. The summed E-state index contributed by atoms with van der Waals surface area (Å²) in [7, 11) is 3.71. The third-order valence-corrected chi connectivity index (χ3v) is 19.9. The first-order valence-corrected chi connectivity index (χ1v) is 30.1. The van der Waals surface area contributed by atoms with Crippen molar-refractivity contribution >= 4 is 16.0 Å². The number of methoxy groups -OCH3 is 1. The van der Waals surface area contributed by atoms with Crippen LogP contribution in [0.15, 0.2) is 41.1 Å². The number of carbonyl (C=O) groups excluding carboxylic acids is 1. The highest BCUT2D eigenvalue weighted by atomic mass is 32.2. The van der Waals surface area contributed by atoms with Crippen LogP contribution in [0, 0.1) is 17.8 Å². The highest BCUT2D eigenvalue weighted by Crippen LogP contribution is 2.49. The first-order chi connectivity index (χ1) is 36.5. The zero-order valence-corrected chi connectivity index (χ0v) is 50.2. The normalized spacial score (nSPS) is 38.0. The number of cyclic esters (lactones) is 1. The number of hydrazine groups is 1. The van der Waals surface area contributed by atoms with Crippen LogP contribution in [0.1, 0.15) is 139 Å². The molecule has 19 nitrogen and oxygen atoms in total. The molecule has 1 saturated carbocycles. The number of ether oxygens (including phenoxy) is 7. The minimum atomic E-state index is -3.67. The van der Waals surface area contributed by atoms with Gasteiger partial charge in [-0.2, -0.15) is 4.31 Å². The van der Waals surface area contributed by atoms with Gasteiger partial charge in [-0.05, 0) is 111 Å². The number of aliphatic hydroxyl groups excluding tert-OH is 1. The average Bonchev–Trinajstić information content (AvgIpc) is 4.30. The summed E-state index contributed by atoms with van der Waals surface area (Å²) in [6.07, 6.45) is 0.106. The summed E-state index contributed by atoms with van der Waals surface area (Å²) < 4.78 is 87.3. The van der Waals surface area contributed by atoms with Crippen LogP contribution in [0.2, 0.25) is 0 Å². The molecule has 4 aliphatic heterocycles. The van der Waals surface area contributed by atoms with Gasteiger partial charge in [-0.15, -0.1) is 0 Å². The van der Waals surface area contributed by atoms with Crippen LogP contribution >= 0.6 is 0 Å². The van der Waals surface area contributed by atoms with E-state index in [1.54, 1.807) is 65.4 Å². The summed E-state index contributed by atoms with van der Waals surface area (Å²) in [4.78, 5) is 19.1. The van der Waals surface area contributed by atoms with Crippen molar-refractivity contribution in [1.29, 1.82) is 0 Å². The van der Waals surface area contributed by atoms with Crippen molar-refractivity contribution in [1.82, 2.24) is 24.4 Å². The third-order valence-electron chi connectivity index (χ3n) is 18.0. The molecule has 21 heteroatoms. The standard InChI is InChI=1S/C57H99FN6O13S/c1-15-47-56(10,68)53(66)57(21-22-57)62(12)35-36(2)30-55(9,67)51(40(6)50(41(7)52(65)75-47)76-49-32-54(8,71-14)31-38(4)74-49)77-48-29-44(28-37(3)73-48)61(11)23-20-43(63(13)59)34-60-46(33-58)39(5)42-16-18-45(19-17-42)78(69,70)64-24-26-72-27-25-64/h16-19,34,36-41,44,46-51,53,60,66-68H,15,20-33,35,59H2,1-14H3/b43-34-/t36-,37-,38+,39-,40+,41-,44+,46-,47-,48+,49+,50+,51-,53+,54+,55-,56-/m1/s1. The van der Waals surface area contributed by atoms with Gasteiger partial charge < -0.3 is 63.7 Å². The molecule has 5 aliphatic rings. The van der Waals surface area contributed by atoms with E-state index in [1.807, 2.05) is 55.6 Å². The summed E-state index contributed by atoms with van der Waals surface area (Å²) in [5.41, 5.74) is -3.06. The van der Waals surface area contributed by atoms with Gasteiger partial charge in [0.1, 0.15) is 24.5 Å². The lowest BCUT2D eigenvalue weighted by atomic mass is 9.77. The van der Waals surface area contributed by atoms with E-state index in [9.17, 15) is 32.9 Å². The number of esters is 1. The molecular formula is C57H99FN6O13S. The first kappa shape index (κ1) is 64.6. The Kier molecular flexibility index (Phi) is 22.1. The van der Waals surface area contributed by atoms with Gasteiger partial charge in [0.25, 0.3) is 0 Å². The Hall–Kier alpha value is -2.61. The minimum absolute atomic E-state index is 0.0236. The monoisotopic (exact) mass is 1130 g/mol. The maximum absolute atomic E-state index is 14.8. The third kappa shape index (κ3) is 15.3. The van der Waals surface area contributed by atoms with E-state index in [0.717, 1.165) is 11.3 Å². The molecule has 4 saturated heterocycles. The number of nitrogens with two attached hydrogens (primary N) is 1. The van der Waals surface area contributed by atoms with E-state index >= 15 is 0 Å². The van der Waals surface area contributed by atoms with Crippen molar-refractivity contribution < 1.29 is 66.1 Å². The smallest absolute Gasteiger partial charge is 0.311 e. The van der Waals surface area contributed by atoms with E-state index in [0.29, 0.717) is 84.3 Å². The molecule has 5 fully saturated rings. The molecule has 0 amide bonds. The number of rotatable bonds is 18. The molecule has 448 valence electrons. The first-order valence-electron chi connectivity index (χ1n) is 28.6. The molecule has 4 heterocycles. The van der Waals surface area contributed by atoms with Crippen molar-refractivity contribution in [2.45, 2.75) is 221 Å². The molecule has 0 radical (unpaired) electrons. The molecule has 78 heavy (non-hydrogen) atoms. The van der Waals surface area contributed by atoms with E-state index in [1.165, 1.54) is 9.31 Å². The van der Waals surface area contributed by atoms with E-state index in [2.05, 4.69) is 22.0 Å². The molecule has 1 spiro atoms. The van der Waals surface area contributed by atoms with E-state index in [-0.39, 0.29) is 47.8 Å². The lowest BCUT2D eigenvalue weighted by molar-refractivity contribution is -0.292. The quantitative estimate of drug-likeness (QED) is 0.0718. The Labute approximate surface area is 465 Å².